The summed E-state index contributed by atoms with van der Waals surface area (Å²) in [5.74, 6) is 1.25. The van der Waals surface area contributed by atoms with Crippen molar-refractivity contribution in [3.63, 3.8) is 0 Å². The van der Waals surface area contributed by atoms with Crippen LogP contribution in [0.15, 0.2) is 0 Å². The number of rotatable bonds is 1. The van der Waals surface area contributed by atoms with Crippen LogP contribution in [0.4, 0.5) is 0 Å². The number of nitrogens with one attached hydrogen (secondary N) is 2. The van der Waals surface area contributed by atoms with Crippen LogP contribution in [0, 0.1) is 11.8 Å². The number of aromatic nitrogens is 4. The molecule has 7 heteroatoms. The number of carbonyl (C=O) groups excluding carboxylic acids is 1. The first kappa shape index (κ1) is 8.78. The van der Waals surface area contributed by atoms with Gasteiger partial charge in [0.1, 0.15) is 0 Å². The van der Waals surface area contributed by atoms with Crippen molar-refractivity contribution in [2.45, 2.75) is 0 Å². The largest absolute Gasteiger partial charge is 0.335 e. The van der Waals surface area contributed by atoms with Crippen molar-refractivity contribution in [2.24, 2.45) is 11.8 Å². The van der Waals surface area contributed by atoms with Gasteiger partial charge in [-0.2, -0.15) is 5.21 Å². The summed E-state index contributed by atoms with van der Waals surface area (Å²) in [6.07, 6.45) is 0. The lowest BCUT2D eigenvalue weighted by atomic mass is 10.0. The molecule has 3 heterocycles. The number of carbonyl (C=O) groups is 1. The number of aromatic amines is 1. The number of nitrogens with zero attached hydrogens (tertiary/aromatic N) is 4. The molecule has 15 heavy (non-hydrogen) atoms. The van der Waals surface area contributed by atoms with Gasteiger partial charge in [0.2, 0.25) is 0 Å². The normalized spacial score (nSPS) is 29.5. The molecule has 3 rings (SSSR count). The van der Waals surface area contributed by atoms with E-state index in [4.69, 9.17) is 0 Å². The SMILES string of the molecule is O=C(c1nn[nH]n1)N1C[C@H]2CNC[C@H]2C1. The van der Waals surface area contributed by atoms with Gasteiger partial charge in [-0.15, -0.1) is 10.2 Å². The van der Waals surface area contributed by atoms with E-state index in [0.29, 0.717) is 11.8 Å². The van der Waals surface area contributed by atoms with Gasteiger partial charge in [0, 0.05) is 26.2 Å². The van der Waals surface area contributed by atoms with Crippen LogP contribution in [0.5, 0.6) is 0 Å². The maximum atomic E-state index is 11.9. The van der Waals surface area contributed by atoms with Crippen LogP contribution in [-0.4, -0.2) is 57.6 Å². The molecule has 2 aliphatic heterocycles. The van der Waals surface area contributed by atoms with Crippen LogP contribution in [0.3, 0.4) is 0 Å². The van der Waals surface area contributed by atoms with E-state index in [9.17, 15) is 4.79 Å². The van der Waals surface area contributed by atoms with E-state index < -0.39 is 0 Å². The number of tetrazole rings is 1. The highest BCUT2D eigenvalue weighted by molar-refractivity contribution is 5.90. The maximum Gasteiger partial charge on any atom is 0.295 e. The Labute approximate surface area is 86.2 Å². The molecular formula is C8H12N6O. The second-order valence-electron chi connectivity index (χ2n) is 4.12. The van der Waals surface area contributed by atoms with Crippen molar-refractivity contribution in [2.75, 3.05) is 26.2 Å². The number of hydrogen-bond acceptors (Lipinski definition) is 5. The molecular weight excluding hydrogens is 196 g/mol. The van der Waals surface area contributed by atoms with Crippen molar-refractivity contribution in [1.29, 1.82) is 0 Å². The zero-order valence-corrected chi connectivity index (χ0v) is 8.18. The van der Waals surface area contributed by atoms with Crippen molar-refractivity contribution in [3.8, 4) is 0 Å². The lowest BCUT2D eigenvalue weighted by Gasteiger charge is -2.14. The zero-order chi connectivity index (χ0) is 10.3. The highest BCUT2D eigenvalue weighted by Gasteiger charge is 2.39. The summed E-state index contributed by atoms with van der Waals surface area (Å²) in [6, 6.07) is 0. The summed E-state index contributed by atoms with van der Waals surface area (Å²) in [5, 5.41) is 16.4. The van der Waals surface area contributed by atoms with Crippen molar-refractivity contribution in [1.82, 2.24) is 30.8 Å². The number of fused-ring (bicyclic) bond motifs is 1. The first-order valence-electron chi connectivity index (χ1n) is 5.08. The van der Waals surface area contributed by atoms with Crippen molar-refractivity contribution in [3.05, 3.63) is 5.82 Å². The lowest BCUT2D eigenvalue weighted by molar-refractivity contribution is 0.0769. The smallest absolute Gasteiger partial charge is 0.295 e. The minimum Gasteiger partial charge on any atom is -0.335 e. The standard InChI is InChI=1S/C8H12N6O/c15-8(7-10-12-13-11-7)14-3-5-1-9-2-6(5)4-14/h5-6,9H,1-4H2,(H,10,11,12,13)/t5-,6+. The quantitative estimate of drug-likeness (QED) is 0.586. The molecule has 1 aromatic heterocycles. The first-order valence-corrected chi connectivity index (χ1v) is 5.08. The van der Waals surface area contributed by atoms with Gasteiger partial charge in [0.25, 0.3) is 11.7 Å². The first-order chi connectivity index (χ1) is 7.34. The average molecular weight is 208 g/mol. The van der Waals surface area contributed by atoms with Crippen LogP contribution >= 0.6 is 0 Å². The summed E-state index contributed by atoms with van der Waals surface area (Å²) < 4.78 is 0. The van der Waals surface area contributed by atoms with Gasteiger partial charge in [0.05, 0.1) is 0 Å². The molecule has 2 saturated heterocycles. The number of H-pyrrole nitrogens is 1. The molecule has 0 aromatic carbocycles. The van der Waals surface area contributed by atoms with Crippen LogP contribution in [0.1, 0.15) is 10.6 Å². The van der Waals surface area contributed by atoms with E-state index in [-0.39, 0.29) is 11.7 Å². The molecule has 2 fully saturated rings. The maximum absolute atomic E-state index is 11.9. The minimum absolute atomic E-state index is 0.113. The van der Waals surface area contributed by atoms with E-state index in [2.05, 4.69) is 25.9 Å². The van der Waals surface area contributed by atoms with Gasteiger partial charge in [-0.1, -0.05) is 0 Å². The third kappa shape index (κ3) is 1.39. The summed E-state index contributed by atoms with van der Waals surface area (Å²) in [6.45, 7) is 3.65. The number of amides is 1. The highest BCUT2D eigenvalue weighted by Crippen LogP contribution is 2.26. The topological polar surface area (TPSA) is 86.8 Å². The van der Waals surface area contributed by atoms with E-state index in [1.54, 1.807) is 0 Å². The number of likely N-dealkylation sites (tertiary alicyclic amines) is 1. The molecule has 7 nitrogen and oxygen atoms in total. The van der Waals surface area contributed by atoms with Crippen LogP contribution in [0.2, 0.25) is 0 Å². The summed E-state index contributed by atoms with van der Waals surface area (Å²) >= 11 is 0. The molecule has 0 radical (unpaired) electrons. The van der Waals surface area contributed by atoms with Gasteiger partial charge in [-0.3, -0.25) is 4.79 Å². The predicted molar refractivity (Wildman–Crippen MR) is 49.9 cm³/mol. The molecule has 0 spiro atoms. The summed E-state index contributed by atoms with van der Waals surface area (Å²) in [4.78, 5) is 13.7. The van der Waals surface area contributed by atoms with Crippen molar-refractivity contribution >= 4 is 5.91 Å². The second-order valence-corrected chi connectivity index (χ2v) is 4.12. The molecule has 2 atom stereocenters. The van der Waals surface area contributed by atoms with Gasteiger partial charge >= 0.3 is 0 Å². The Hall–Kier alpha value is -1.50. The second kappa shape index (κ2) is 3.27. The highest BCUT2D eigenvalue weighted by atomic mass is 16.2. The number of hydrogen-bond donors (Lipinski definition) is 2. The van der Waals surface area contributed by atoms with Gasteiger partial charge < -0.3 is 10.2 Å². The van der Waals surface area contributed by atoms with Crippen LogP contribution < -0.4 is 5.32 Å². The van der Waals surface area contributed by atoms with Gasteiger partial charge in [-0.25, -0.2) is 0 Å². The molecule has 1 aromatic rings. The fourth-order valence-electron chi connectivity index (χ4n) is 2.42. The van der Waals surface area contributed by atoms with Gasteiger partial charge in [-0.05, 0) is 17.0 Å². The van der Waals surface area contributed by atoms with Crippen LogP contribution in [0.25, 0.3) is 0 Å². The monoisotopic (exact) mass is 208 g/mol. The Morgan fingerprint density at radius 1 is 1.33 bits per heavy atom. The van der Waals surface area contributed by atoms with E-state index >= 15 is 0 Å². The molecule has 1 amide bonds. The third-order valence-corrected chi connectivity index (χ3v) is 3.21. The fraction of sp³-hybridized carbons (Fsp3) is 0.750. The Kier molecular flexibility index (Phi) is 1.91. The molecule has 0 saturated carbocycles. The van der Waals surface area contributed by atoms with Crippen molar-refractivity contribution < 1.29 is 4.79 Å². The van der Waals surface area contributed by atoms with E-state index in [0.717, 1.165) is 26.2 Å². The molecule has 2 N–H and O–H groups in total. The summed E-state index contributed by atoms with van der Waals surface area (Å²) in [5.41, 5.74) is 0. The van der Waals surface area contributed by atoms with Crippen LogP contribution in [-0.2, 0) is 0 Å². The molecule has 0 unspecified atom stereocenters. The van der Waals surface area contributed by atoms with E-state index in [1.165, 1.54) is 0 Å². The average Bonchev–Trinajstić information content (AvgIpc) is 2.92. The Balaban J connectivity index is 1.72. The zero-order valence-electron chi connectivity index (χ0n) is 8.18. The third-order valence-electron chi connectivity index (χ3n) is 3.21. The molecule has 80 valence electrons. The van der Waals surface area contributed by atoms with Gasteiger partial charge in [0.15, 0.2) is 0 Å². The summed E-state index contributed by atoms with van der Waals surface area (Å²) in [7, 11) is 0. The Morgan fingerprint density at radius 2 is 2.07 bits per heavy atom. The molecule has 0 aliphatic carbocycles. The minimum atomic E-state index is -0.113. The van der Waals surface area contributed by atoms with E-state index in [1.807, 2.05) is 4.90 Å². The fourth-order valence-corrected chi connectivity index (χ4v) is 2.42. The Morgan fingerprint density at radius 3 is 2.67 bits per heavy atom. The lowest BCUT2D eigenvalue weighted by Crippen LogP contribution is -2.32. The molecule has 2 aliphatic rings. The predicted octanol–water partition coefficient (Wildman–Crippen LogP) is -1.51. The Bertz CT molecular complexity index is 351. The molecule has 0 bridgehead atoms.